The third kappa shape index (κ3) is 3.37. The van der Waals surface area contributed by atoms with E-state index in [1.54, 1.807) is 24.3 Å². The van der Waals surface area contributed by atoms with Crippen LogP contribution in [-0.4, -0.2) is 11.7 Å². The fraction of sp³-hybridized carbons (Fsp3) is 0.200. The zero-order valence-corrected chi connectivity index (χ0v) is 11.6. The Morgan fingerprint density at radius 2 is 1.71 bits per heavy atom. The highest BCUT2D eigenvalue weighted by atomic mass is 35.5. The van der Waals surface area contributed by atoms with Crippen molar-refractivity contribution in [2.24, 2.45) is 5.73 Å². The summed E-state index contributed by atoms with van der Waals surface area (Å²) in [6.07, 6.45) is -1.55. The number of aliphatic hydroxyl groups excluding tert-OH is 1. The summed E-state index contributed by atoms with van der Waals surface area (Å²) in [4.78, 5) is 0. The summed E-state index contributed by atoms with van der Waals surface area (Å²) >= 11 is 5.86. The van der Waals surface area contributed by atoms with Gasteiger partial charge >= 0.3 is 0 Å². The summed E-state index contributed by atoms with van der Waals surface area (Å²) in [5.74, 6) is -4.12. The van der Waals surface area contributed by atoms with Crippen molar-refractivity contribution in [3.8, 4) is 0 Å². The van der Waals surface area contributed by atoms with Gasteiger partial charge in [-0.05, 0) is 17.7 Å². The molecule has 112 valence electrons. The number of hydrogen-bond acceptors (Lipinski definition) is 2. The number of nitrogens with two attached hydrogens (primary N) is 1. The van der Waals surface area contributed by atoms with E-state index in [2.05, 4.69) is 0 Å². The molecule has 0 aromatic heterocycles. The molecule has 2 unspecified atom stereocenters. The molecule has 2 aromatic rings. The molecule has 0 saturated heterocycles. The van der Waals surface area contributed by atoms with Crippen LogP contribution in [0.1, 0.15) is 23.1 Å². The van der Waals surface area contributed by atoms with Crippen LogP contribution in [0.3, 0.4) is 0 Å². The monoisotopic (exact) mass is 315 g/mol. The Kier molecular flexibility index (Phi) is 4.88. The predicted octanol–water partition coefficient (Wildman–Crippen LogP) is 3.53. The maximum absolute atomic E-state index is 13.7. The molecule has 2 aromatic carbocycles. The van der Waals surface area contributed by atoms with Crippen molar-refractivity contribution >= 4 is 11.6 Å². The van der Waals surface area contributed by atoms with Gasteiger partial charge in [0, 0.05) is 29.6 Å². The van der Waals surface area contributed by atoms with Crippen LogP contribution in [0.4, 0.5) is 13.2 Å². The minimum atomic E-state index is -1.55. The third-order valence-electron chi connectivity index (χ3n) is 3.25. The van der Waals surface area contributed by atoms with Crippen molar-refractivity contribution in [2.75, 3.05) is 6.54 Å². The molecular formula is C15H13ClF3NO. The van der Waals surface area contributed by atoms with Crippen molar-refractivity contribution in [1.82, 2.24) is 0 Å². The van der Waals surface area contributed by atoms with E-state index in [4.69, 9.17) is 17.3 Å². The molecule has 0 spiro atoms. The molecular weight excluding hydrogens is 303 g/mol. The zero-order chi connectivity index (χ0) is 15.6. The number of hydrogen-bond donors (Lipinski definition) is 2. The van der Waals surface area contributed by atoms with E-state index in [0.29, 0.717) is 22.7 Å². The second-order valence-corrected chi connectivity index (χ2v) is 5.06. The minimum Gasteiger partial charge on any atom is -0.388 e. The van der Waals surface area contributed by atoms with Crippen LogP contribution in [-0.2, 0) is 0 Å². The minimum absolute atomic E-state index is 0.0578. The molecule has 0 aliphatic carbocycles. The first kappa shape index (κ1) is 15.8. The van der Waals surface area contributed by atoms with E-state index in [9.17, 15) is 18.3 Å². The molecule has 0 saturated carbocycles. The smallest absolute Gasteiger partial charge is 0.134 e. The molecule has 6 heteroatoms. The second kappa shape index (κ2) is 6.47. The highest BCUT2D eigenvalue weighted by Gasteiger charge is 2.27. The number of halogens is 4. The third-order valence-corrected chi connectivity index (χ3v) is 3.49. The van der Waals surface area contributed by atoms with Crippen molar-refractivity contribution in [3.05, 3.63) is 70.0 Å². The van der Waals surface area contributed by atoms with E-state index < -0.39 is 35.0 Å². The number of aliphatic hydroxyl groups is 1. The summed E-state index contributed by atoms with van der Waals surface area (Å²) < 4.78 is 40.4. The van der Waals surface area contributed by atoms with Crippen LogP contribution in [0.25, 0.3) is 0 Å². The first-order chi connectivity index (χ1) is 9.93. The molecule has 0 radical (unpaired) electrons. The molecule has 0 amide bonds. The van der Waals surface area contributed by atoms with Crippen LogP contribution in [0.2, 0.25) is 5.02 Å². The van der Waals surface area contributed by atoms with Gasteiger partial charge in [-0.2, -0.15) is 0 Å². The van der Waals surface area contributed by atoms with Gasteiger partial charge < -0.3 is 10.8 Å². The Bertz CT molecular complexity index is 628. The van der Waals surface area contributed by atoms with E-state index in [0.717, 1.165) is 0 Å². The van der Waals surface area contributed by atoms with Crippen LogP contribution in [0.5, 0.6) is 0 Å². The lowest BCUT2D eigenvalue weighted by Crippen LogP contribution is -2.22. The molecule has 0 heterocycles. The standard InChI is InChI=1S/C15H13ClF3NO/c16-9-3-1-2-8(4-9)11(7-20)15(21)14-12(18)5-10(17)6-13(14)19/h1-6,11,15,21H,7,20H2. The van der Waals surface area contributed by atoms with Gasteiger partial charge in [-0.1, -0.05) is 23.7 Å². The van der Waals surface area contributed by atoms with Gasteiger partial charge in [0.2, 0.25) is 0 Å². The Morgan fingerprint density at radius 1 is 1.10 bits per heavy atom. The lowest BCUT2D eigenvalue weighted by molar-refractivity contribution is 0.138. The van der Waals surface area contributed by atoms with Crippen LogP contribution in [0, 0.1) is 17.5 Å². The SMILES string of the molecule is NCC(c1cccc(Cl)c1)C(O)c1c(F)cc(F)cc1F. The van der Waals surface area contributed by atoms with Gasteiger partial charge in [0.05, 0.1) is 11.7 Å². The van der Waals surface area contributed by atoms with Crippen LogP contribution < -0.4 is 5.73 Å². The summed E-state index contributed by atoms with van der Waals surface area (Å²) in [7, 11) is 0. The Balaban J connectivity index is 2.44. The molecule has 2 atom stereocenters. The van der Waals surface area contributed by atoms with E-state index in [-0.39, 0.29) is 6.54 Å². The molecule has 0 aliphatic heterocycles. The van der Waals surface area contributed by atoms with Crippen molar-refractivity contribution in [2.45, 2.75) is 12.0 Å². The highest BCUT2D eigenvalue weighted by Crippen LogP contribution is 2.34. The molecule has 0 aliphatic rings. The lowest BCUT2D eigenvalue weighted by atomic mass is 9.88. The van der Waals surface area contributed by atoms with Crippen LogP contribution in [0.15, 0.2) is 36.4 Å². The summed E-state index contributed by atoms with van der Waals surface area (Å²) in [6.45, 7) is -0.0578. The molecule has 2 nitrogen and oxygen atoms in total. The number of benzene rings is 2. The number of rotatable bonds is 4. The quantitative estimate of drug-likeness (QED) is 0.906. The summed E-state index contributed by atoms with van der Waals surface area (Å²) in [5.41, 5.74) is 5.54. The maximum atomic E-state index is 13.7. The van der Waals surface area contributed by atoms with Crippen molar-refractivity contribution in [1.29, 1.82) is 0 Å². The van der Waals surface area contributed by atoms with E-state index in [1.165, 1.54) is 0 Å². The predicted molar refractivity (Wildman–Crippen MR) is 74.5 cm³/mol. The first-order valence-corrected chi connectivity index (χ1v) is 6.60. The summed E-state index contributed by atoms with van der Waals surface area (Å²) in [5, 5.41) is 10.7. The Hall–Kier alpha value is -1.56. The van der Waals surface area contributed by atoms with Gasteiger partial charge in [0.25, 0.3) is 0 Å². The Morgan fingerprint density at radius 3 is 2.24 bits per heavy atom. The largest absolute Gasteiger partial charge is 0.388 e. The molecule has 2 rings (SSSR count). The topological polar surface area (TPSA) is 46.2 Å². The first-order valence-electron chi connectivity index (χ1n) is 6.22. The fourth-order valence-electron chi connectivity index (χ4n) is 2.22. The van der Waals surface area contributed by atoms with Crippen LogP contribution >= 0.6 is 11.6 Å². The van der Waals surface area contributed by atoms with Gasteiger partial charge in [0.15, 0.2) is 0 Å². The van der Waals surface area contributed by atoms with Crippen molar-refractivity contribution in [3.63, 3.8) is 0 Å². The molecule has 0 bridgehead atoms. The van der Waals surface area contributed by atoms with E-state index in [1.807, 2.05) is 0 Å². The van der Waals surface area contributed by atoms with E-state index >= 15 is 0 Å². The van der Waals surface area contributed by atoms with Gasteiger partial charge in [-0.25, -0.2) is 13.2 Å². The normalized spacial score (nSPS) is 14.0. The average Bonchev–Trinajstić information content (AvgIpc) is 2.38. The molecule has 0 fully saturated rings. The van der Waals surface area contributed by atoms with Crippen molar-refractivity contribution < 1.29 is 18.3 Å². The lowest BCUT2D eigenvalue weighted by Gasteiger charge is -2.23. The average molecular weight is 316 g/mol. The molecule has 3 N–H and O–H groups in total. The zero-order valence-electron chi connectivity index (χ0n) is 10.9. The Labute approximate surface area is 125 Å². The fourth-order valence-corrected chi connectivity index (χ4v) is 2.42. The van der Waals surface area contributed by atoms with Gasteiger partial charge in [0.1, 0.15) is 17.5 Å². The van der Waals surface area contributed by atoms with Gasteiger partial charge in [-0.3, -0.25) is 0 Å². The summed E-state index contributed by atoms with van der Waals surface area (Å²) in [6, 6.07) is 7.52. The van der Waals surface area contributed by atoms with Gasteiger partial charge in [-0.15, -0.1) is 0 Å². The molecule has 21 heavy (non-hydrogen) atoms. The second-order valence-electron chi connectivity index (χ2n) is 4.63. The maximum Gasteiger partial charge on any atom is 0.134 e. The highest BCUT2D eigenvalue weighted by molar-refractivity contribution is 6.30.